The summed E-state index contributed by atoms with van der Waals surface area (Å²) in [6.45, 7) is 9.16. The lowest BCUT2D eigenvalue weighted by Gasteiger charge is -2.32. The summed E-state index contributed by atoms with van der Waals surface area (Å²) < 4.78 is 5.51. The zero-order valence-electron chi connectivity index (χ0n) is 11.9. The maximum Gasteiger partial charge on any atom is 0.336 e. The van der Waals surface area contributed by atoms with Gasteiger partial charge in [0.2, 0.25) is 0 Å². The Morgan fingerprint density at radius 3 is 2.53 bits per heavy atom. The minimum atomic E-state index is -0.955. The van der Waals surface area contributed by atoms with Gasteiger partial charge in [-0.3, -0.25) is 0 Å². The molecule has 0 radical (unpaired) electrons. The molecule has 0 amide bonds. The van der Waals surface area contributed by atoms with Gasteiger partial charge in [-0.1, -0.05) is 38.4 Å². The molecular formula is C15H21ClO3. The van der Waals surface area contributed by atoms with E-state index in [2.05, 4.69) is 20.8 Å². The molecule has 0 saturated heterocycles. The van der Waals surface area contributed by atoms with Crippen molar-refractivity contribution in [3.8, 4) is 0 Å². The van der Waals surface area contributed by atoms with Gasteiger partial charge in [-0.2, -0.15) is 0 Å². The second-order valence-corrected chi connectivity index (χ2v) is 5.99. The van der Waals surface area contributed by atoms with Crippen molar-refractivity contribution < 1.29 is 14.6 Å². The average Bonchev–Trinajstić information content (AvgIpc) is 2.29. The van der Waals surface area contributed by atoms with E-state index < -0.39 is 5.97 Å². The van der Waals surface area contributed by atoms with Gasteiger partial charge in [0.15, 0.2) is 0 Å². The lowest BCUT2D eigenvalue weighted by atomic mass is 9.75. The van der Waals surface area contributed by atoms with Gasteiger partial charge < -0.3 is 9.84 Å². The third-order valence-corrected chi connectivity index (χ3v) is 3.50. The first-order valence-electron chi connectivity index (χ1n) is 6.38. The zero-order valence-corrected chi connectivity index (χ0v) is 12.6. The molecular weight excluding hydrogens is 264 g/mol. The van der Waals surface area contributed by atoms with Crippen LogP contribution in [0.2, 0.25) is 5.02 Å². The predicted molar refractivity (Wildman–Crippen MR) is 77.1 cm³/mol. The summed E-state index contributed by atoms with van der Waals surface area (Å²) in [5, 5.41) is 9.82. The topological polar surface area (TPSA) is 46.5 Å². The van der Waals surface area contributed by atoms with E-state index in [4.69, 9.17) is 16.3 Å². The molecule has 1 unspecified atom stereocenters. The zero-order chi connectivity index (χ0) is 14.6. The Balaban J connectivity index is 3.32. The van der Waals surface area contributed by atoms with Gasteiger partial charge in [-0.05, 0) is 30.0 Å². The summed E-state index contributed by atoms with van der Waals surface area (Å²) in [7, 11) is 0. The van der Waals surface area contributed by atoms with Crippen molar-refractivity contribution in [2.75, 3.05) is 13.2 Å². The standard InChI is InChI=1S/C15H21ClO3/c1-5-19-9-11(15(2,3)4)13-10(14(17)18)7-6-8-12(13)16/h6-8,11H,5,9H2,1-4H3,(H,17,18). The van der Waals surface area contributed by atoms with Crippen LogP contribution in [0.4, 0.5) is 0 Å². The van der Waals surface area contributed by atoms with Gasteiger partial charge >= 0.3 is 5.97 Å². The number of carboxylic acids is 1. The number of hydrogen-bond donors (Lipinski definition) is 1. The van der Waals surface area contributed by atoms with Crippen molar-refractivity contribution in [2.24, 2.45) is 5.41 Å². The highest BCUT2D eigenvalue weighted by Crippen LogP contribution is 2.40. The lowest BCUT2D eigenvalue weighted by Crippen LogP contribution is -2.25. The molecule has 0 aliphatic heterocycles. The van der Waals surface area contributed by atoms with E-state index in [-0.39, 0.29) is 16.9 Å². The van der Waals surface area contributed by atoms with E-state index in [1.54, 1.807) is 18.2 Å². The van der Waals surface area contributed by atoms with Crippen LogP contribution in [0.25, 0.3) is 0 Å². The number of benzene rings is 1. The molecule has 0 aromatic heterocycles. The number of carboxylic acid groups (broad SMARTS) is 1. The van der Waals surface area contributed by atoms with Gasteiger partial charge in [0.1, 0.15) is 0 Å². The van der Waals surface area contributed by atoms with Gasteiger partial charge in [-0.15, -0.1) is 0 Å². The van der Waals surface area contributed by atoms with Gasteiger partial charge in [0.25, 0.3) is 0 Å². The van der Waals surface area contributed by atoms with Crippen molar-refractivity contribution in [2.45, 2.75) is 33.6 Å². The molecule has 0 aliphatic carbocycles. The second kappa shape index (κ2) is 6.40. The smallest absolute Gasteiger partial charge is 0.336 e. The molecule has 1 atom stereocenters. The Morgan fingerprint density at radius 2 is 2.05 bits per heavy atom. The number of carbonyl (C=O) groups is 1. The molecule has 19 heavy (non-hydrogen) atoms. The van der Waals surface area contributed by atoms with E-state index in [9.17, 15) is 9.90 Å². The quantitative estimate of drug-likeness (QED) is 0.881. The Hall–Kier alpha value is -1.06. The highest BCUT2D eigenvalue weighted by Gasteiger charge is 2.31. The molecule has 106 valence electrons. The molecule has 1 N–H and O–H groups in total. The summed E-state index contributed by atoms with van der Waals surface area (Å²) in [4.78, 5) is 11.4. The van der Waals surface area contributed by atoms with Gasteiger partial charge in [0, 0.05) is 17.5 Å². The van der Waals surface area contributed by atoms with Crippen molar-refractivity contribution in [3.63, 3.8) is 0 Å². The number of ether oxygens (including phenoxy) is 1. The Labute approximate surface area is 119 Å². The first kappa shape index (κ1) is 16.0. The van der Waals surface area contributed by atoms with Crippen molar-refractivity contribution >= 4 is 17.6 Å². The monoisotopic (exact) mass is 284 g/mol. The maximum absolute atomic E-state index is 11.4. The van der Waals surface area contributed by atoms with Gasteiger partial charge in [-0.25, -0.2) is 4.79 Å². The van der Waals surface area contributed by atoms with E-state index in [1.807, 2.05) is 6.92 Å². The Kier molecular flexibility index (Phi) is 5.39. The largest absolute Gasteiger partial charge is 0.478 e. The van der Waals surface area contributed by atoms with Crippen LogP contribution in [0.1, 0.15) is 49.5 Å². The first-order valence-corrected chi connectivity index (χ1v) is 6.76. The first-order chi connectivity index (χ1) is 8.79. The molecule has 4 heteroatoms. The number of halogens is 1. The molecule has 1 aromatic carbocycles. The molecule has 0 fully saturated rings. The summed E-state index contributed by atoms with van der Waals surface area (Å²) in [6.07, 6.45) is 0. The third-order valence-electron chi connectivity index (χ3n) is 3.17. The SMILES string of the molecule is CCOCC(c1c(Cl)cccc1C(=O)O)C(C)(C)C. The fraction of sp³-hybridized carbons (Fsp3) is 0.533. The van der Waals surface area contributed by atoms with Crippen LogP contribution in [-0.4, -0.2) is 24.3 Å². The lowest BCUT2D eigenvalue weighted by molar-refractivity contribution is 0.0687. The summed E-state index contributed by atoms with van der Waals surface area (Å²) in [5.74, 6) is -1.02. The fourth-order valence-corrected chi connectivity index (χ4v) is 2.39. The second-order valence-electron chi connectivity index (χ2n) is 5.58. The molecule has 3 nitrogen and oxygen atoms in total. The normalized spacial score (nSPS) is 13.3. The Morgan fingerprint density at radius 1 is 1.42 bits per heavy atom. The molecule has 1 rings (SSSR count). The van der Waals surface area contributed by atoms with Crippen molar-refractivity contribution in [3.05, 3.63) is 34.3 Å². The molecule has 1 aromatic rings. The van der Waals surface area contributed by atoms with Crippen LogP contribution in [0.5, 0.6) is 0 Å². The number of aromatic carboxylic acids is 1. The number of rotatable bonds is 5. The van der Waals surface area contributed by atoms with Crippen LogP contribution in [0, 0.1) is 5.41 Å². The van der Waals surface area contributed by atoms with Crippen molar-refractivity contribution in [1.29, 1.82) is 0 Å². The molecule has 0 aliphatic rings. The van der Waals surface area contributed by atoms with Crippen LogP contribution in [-0.2, 0) is 4.74 Å². The maximum atomic E-state index is 11.4. The minimum Gasteiger partial charge on any atom is -0.478 e. The van der Waals surface area contributed by atoms with Crippen molar-refractivity contribution in [1.82, 2.24) is 0 Å². The predicted octanol–water partition coefficient (Wildman–Crippen LogP) is 4.20. The average molecular weight is 285 g/mol. The molecule has 0 heterocycles. The summed E-state index contributed by atoms with van der Waals surface area (Å²) >= 11 is 6.23. The van der Waals surface area contributed by atoms with E-state index >= 15 is 0 Å². The van der Waals surface area contributed by atoms with Crippen LogP contribution >= 0.6 is 11.6 Å². The highest BCUT2D eigenvalue weighted by atomic mass is 35.5. The number of hydrogen-bond acceptors (Lipinski definition) is 2. The van der Waals surface area contributed by atoms with E-state index in [1.165, 1.54) is 0 Å². The van der Waals surface area contributed by atoms with E-state index in [0.717, 1.165) is 0 Å². The third kappa shape index (κ3) is 3.95. The summed E-state index contributed by atoms with van der Waals surface area (Å²) in [6, 6.07) is 4.98. The molecule has 0 saturated carbocycles. The Bertz CT molecular complexity index is 449. The summed E-state index contributed by atoms with van der Waals surface area (Å²) in [5.41, 5.74) is 0.786. The van der Waals surface area contributed by atoms with Crippen LogP contribution < -0.4 is 0 Å². The van der Waals surface area contributed by atoms with Crippen LogP contribution in [0.3, 0.4) is 0 Å². The van der Waals surface area contributed by atoms with Crippen LogP contribution in [0.15, 0.2) is 18.2 Å². The van der Waals surface area contributed by atoms with Gasteiger partial charge in [0.05, 0.1) is 12.2 Å². The fourth-order valence-electron chi connectivity index (χ4n) is 2.08. The van der Waals surface area contributed by atoms with E-state index in [0.29, 0.717) is 23.8 Å². The molecule has 0 bridgehead atoms. The highest BCUT2D eigenvalue weighted by molar-refractivity contribution is 6.32. The molecule has 0 spiro atoms. The minimum absolute atomic E-state index is 0.0627.